The maximum absolute atomic E-state index is 13.0. The molecular weight excluding hydrogens is 358 g/mol. The summed E-state index contributed by atoms with van der Waals surface area (Å²) in [7, 11) is 0. The van der Waals surface area contributed by atoms with Crippen molar-refractivity contribution in [2.24, 2.45) is 5.73 Å². The number of nitrogens with one attached hydrogen (secondary N) is 1. The van der Waals surface area contributed by atoms with E-state index in [0.717, 1.165) is 44.2 Å². The molecule has 4 rings (SSSR count). The van der Waals surface area contributed by atoms with Gasteiger partial charge in [0.15, 0.2) is 5.69 Å². The number of hydrogen-bond acceptors (Lipinski definition) is 6. The lowest BCUT2D eigenvalue weighted by molar-refractivity contribution is 0.0699. The Labute approximate surface area is 163 Å². The van der Waals surface area contributed by atoms with E-state index in [1.807, 2.05) is 4.68 Å². The molecule has 2 aliphatic rings. The molecule has 0 aromatic carbocycles. The van der Waals surface area contributed by atoms with Crippen LogP contribution in [0.15, 0.2) is 17.1 Å². The predicted octanol–water partition coefficient (Wildman–Crippen LogP) is 1.13. The molecule has 0 unspecified atom stereocenters. The Bertz CT molecular complexity index is 898. The highest BCUT2D eigenvalue weighted by molar-refractivity contribution is 5.92. The van der Waals surface area contributed by atoms with E-state index in [1.165, 1.54) is 6.07 Å². The summed E-state index contributed by atoms with van der Waals surface area (Å²) in [6, 6.07) is 2.08. The second-order valence-corrected chi connectivity index (χ2v) is 8.00. The summed E-state index contributed by atoms with van der Waals surface area (Å²) < 4.78 is 1.82. The number of aromatic nitrogens is 5. The smallest absolute Gasteiger partial charge is 0.276 e. The summed E-state index contributed by atoms with van der Waals surface area (Å²) >= 11 is 0. The summed E-state index contributed by atoms with van der Waals surface area (Å²) in [6.45, 7) is 3.00. The first-order valence-electron chi connectivity index (χ1n) is 10.0. The molecule has 2 fully saturated rings. The van der Waals surface area contributed by atoms with Crippen LogP contribution in [0, 0.1) is 6.92 Å². The first kappa shape index (κ1) is 18.8. The van der Waals surface area contributed by atoms with E-state index in [-0.39, 0.29) is 29.5 Å². The number of piperidine rings is 1. The van der Waals surface area contributed by atoms with E-state index < -0.39 is 0 Å². The van der Waals surface area contributed by atoms with Crippen molar-refractivity contribution in [3.63, 3.8) is 0 Å². The van der Waals surface area contributed by atoms with Crippen LogP contribution in [-0.2, 0) is 0 Å². The summed E-state index contributed by atoms with van der Waals surface area (Å²) in [5, 5.41) is 8.33. The quantitative estimate of drug-likeness (QED) is 0.816. The molecule has 0 radical (unpaired) electrons. The standard InChI is InChI=1S/C19H27N7O2/c1-12-21-16(9-18(27)22-12)13-3-2-8-25(10-13)19(28)17-11-26(24-23-17)15-6-4-14(20)5-7-15/h9,11,13-15H,2-8,10,20H2,1H3,(H,21,22,27)/t13-,14?,15?/m1/s1. The summed E-state index contributed by atoms with van der Waals surface area (Å²) in [4.78, 5) is 33.7. The van der Waals surface area contributed by atoms with Crippen LogP contribution in [0.4, 0.5) is 0 Å². The van der Waals surface area contributed by atoms with Gasteiger partial charge in [-0.3, -0.25) is 9.59 Å². The van der Waals surface area contributed by atoms with Gasteiger partial charge in [-0.05, 0) is 45.4 Å². The van der Waals surface area contributed by atoms with Crippen LogP contribution in [0.25, 0.3) is 0 Å². The fraction of sp³-hybridized carbons (Fsp3) is 0.632. The van der Waals surface area contributed by atoms with E-state index in [9.17, 15) is 9.59 Å². The molecule has 2 aromatic heterocycles. The topological polar surface area (TPSA) is 123 Å². The van der Waals surface area contributed by atoms with E-state index in [1.54, 1.807) is 18.0 Å². The minimum absolute atomic E-state index is 0.0635. The van der Waals surface area contributed by atoms with Crippen LogP contribution in [0.1, 0.15) is 72.5 Å². The second-order valence-electron chi connectivity index (χ2n) is 8.00. The molecule has 1 amide bonds. The first-order valence-corrected chi connectivity index (χ1v) is 10.0. The van der Waals surface area contributed by atoms with Crippen LogP contribution < -0.4 is 11.3 Å². The monoisotopic (exact) mass is 385 g/mol. The average Bonchev–Trinajstić information content (AvgIpc) is 3.17. The van der Waals surface area contributed by atoms with Gasteiger partial charge in [0.25, 0.3) is 11.5 Å². The van der Waals surface area contributed by atoms with E-state index in [2.05, 4.69) is 20.3 Å². The van der Waals surface area contributed by atoms with Crippen LogP contribution in [0.2, 0.25) is 0 Å². The van der Waals surface area contributed by atoms with Gasteiger partial charge in [0.05, 0.1) is 17.9 Å². The van der Waals surface area contributed by atoms with Gasteiger partial charge in [-0.2, -0.15) is 0 Å². The maximum Gasteiger partial charge on any atom is 0.276 e. The third-order valence-corrected chi connectivity index (χ3v) is 5.85. The molecule has 28 heavy (non-hydrogen) atoms. The third kappa shape index (κ3) is 3.99. The number of rotatable bonds is 3. The van der Waals surface area contributed by atoms with Gasteiger partial charge in [0.1, 0.15) is 5.82 Å². The van der Waals surface area contributed by atoms with Crippen LogP contribution in [0.5, 0.6) is 0 Å². The number of aryl methyl sites for hydroxylation is 1. The Morgan fingerprint density at radius 1 is 1.25 bits per heavy atom. The Morgan fingerprint density at radius 3 is 2.79 bits per heavy atom. The van der Waals surface area contributed by atoms with Crippen molar-refractivity contribution in [1.29, 1.82) is 0 Å². The van der Waals surface area contributed by atoms with Crippen molar-refractivity contribution in [2.75, 3.05) is 13.1 Å². The molecule has 3 heterocycles. The molecule has 1 aliphatic carbocycles. The first-order chi connectivity index (χ1) is 13.5. The molecule has 1 atom stereocenters. The highest BCUT2D eigenvalue weighted by Gasteiger charge is 2.29. The number of aromatic amines is 1. The Morgan fingerprint density at radius 2 is 2.04 bits per heavy atom. The van der Waals surface area contributed by atoms with E-state index in [0.29, 0.717) is 24.6 Å². The molecule has 1 saturated heterocycles. The SMILES string of the molecule is Cc1nc([C@@H]2CCCN(C(=O)c3cn(C4CCC(N)CC4)nn3)C2)cc(=O)[nH]1. The number of carbonyl (C=O) groups is 1. The molecule has 9 nitrogen and oxygen atoms in total. The average molecular weight is 385 g/mol. The highest BCUT2D eigenvalue weighted by atomic mass is 16.2. The number of amides is 1. The Balaban J connectivity index is 1.45. The molecule has 0 bridgehead atoms. The van der Waals surface area contributed by atoms with Crippen molar-refractivity contribution in [1.82, 2.24) is 29.9 Å². The minimum Gasteiger partial charge on any atom is -0.337 e. The van der Waals surface area contributed by atoms with Crippen molar-refractivity contribution in [3.8, 4) is 0 Å². The number of nitrogens with zero attached hydrogens (tertiary/aromatic N) is 5. The third-order valence-electron chi connectivity index (χ3n) is 5.85. The fourth-order valence-corrected chi connectivity index (χ4v) is 4.30. The van der Waals surface area contributed by atoms with Crippen molar-refractivity contribution in [2.45, 2.75) is 63.5 Å². The molecule has 1 aliphatic heterocycles. The van der Waals surface area contributed by atoms with Crippen molar-refractivity contribution >= 4 is 5.91 Å². The van der Waals surface area contributed by atoms with Gasteiger partial charge in [-0.25, -0.2) is 9.67 Å². The second kappa shape index (κ2) is 7.83. The minimum atomic E-state index is -0.152. The number of likely N-dealkylation sites (tertiary alicyclic amines) is 1. The fourth-order valence-electron chi connectivity index (χ4n) is 4.30. The number of hydrogen-bond donors (Lipinski definition) is 2. The zero-order chi connectivity index (χ0) is 19.7. The summed E-state index contributed by atoms with van der Waals surface area (Å²) in [5.41, 5.74) is 6.95. The van der Waals surface area contributed by atoms with Crippen LogP contribution in [-0.4, -0.2) is 54.9 Å². The van der Waals surface area contributed by atoms with Crippen molar-refractivity contribution in [3.05, 3.63) is 39.8 Å². The number of nitrogens with two attached hydrogens (primary N) is 1. The van der Waals surface area contributed by atoms with Gasteiger partial charge in [0.2, 0.25) is 0 Å². The van der Waals surface area contributed by atoms with Crippen molar-refractivity contribution < 1.29 is 4.79 Å². The molecule has 9 heteroatoms. The number of H-pyrrole nitrogens is 1. The molecule has 150 valence electrons. The van der Waals surface area contributed by atoms with Gasteiger partial charge < -0.3 is 15.6 Å². The van der Waals surface area contributed by atoms with Gasteiger partial charge in [0, 0.05) is 31.1 Å². The predicted molar refractivity (Wildman–Crippen MR) is 103 cm³/mol. The molecular formula is C19H27N7O2. The zero-order valence-corrected chi connectivity index (χ0v) is 16.2. The lowest BCUT2D eigenvalue weighted by Gasteiger charge is -2.32. The molecule has 2 aromatic rings. The van der Waals surface area contributed by atoms with Gasteiger partial charge in [-0.15, -0.1) is 5.10 Å². The van der Waals surface area contributed by atoms with Crippen LogP contribution in [0.3, 0.4) is 0 Å². The van der Waals surface area contributed by atoms with Crippen LogP contribution >= 0.6 is 0 Å². The largest absolute Gasteiger partial charge is 0.337 e. The maximum atomic E-state index is 13.0. The van der Waals surface area contributed by atoms with Gasteiger partial charge in [-0.1, -0.05) is 5.21 Å². The molecule has 1 saturated carbocycles. The lowest BCUT2D eigenvalue weighted by atomic mass is 9.92. The van der Waals surface area contributed by atoms with Gasteiger partial charge >= 0.3 is 0 Å². The zero-order valence-electron chi connectivity index (χ0n) is 16.2. The van der Waals surface area contributed by atoms with E-state index >= 15 is 0 Å². The highest BCUT2D eigenvalue weighted by Crippen LogP contribution is 2.28. The number of carbonyl (C=O) groups excluding carboxylic acids is 1. The Kier molecular flexibility index (Phi) is 5.25. The van der Waals surface area contributed by atoms with E-state index in [4.69, 9.17) is 5.73 Å². The molecule has 0 spiro atoms. The summed E-state index contributed by atoms with van der Waals surface area (Å²) in [6.07, 6.45) is 7.44. The summed E-state index contributed by atoms with van der Waals surface area (Å²) in [5.74, 6) is 0.555. The molecule has 3 N–H and O–H groups in total. The Hall–Kier alpha value is -2.55. The normalized spacial score (nSPS) is 25.6. The lowest BCUT2D eigenvalue weighted by Crippen LogP contribution is -2.39.